The van der Waals surface area contributed by atoms with E-state index in [-0.39, 0.29) is 0 Å². The predicted molar refractivity (Wildman–Crippen MR) is 133 cm³/mol. The van der Waals surface area contributed by atoms with Gasteiger partial charge < -0.3 is 4.84 Å². The van der Waals surface area contributed by atoms with Gasteiger partial charge in [0.05, 0.1) is 11.4 Å². The fourth-order valence-corrected chi connectivity index (χ4v) is 4.43. The van der Waals surface area contributed by atoms with E-state index in [1.54, 1.807) is 0 Å². The van der Waals surface area contributed by atoms with Crippen molar-refractivity contribution in [1.29, 1.82) is 0 Å². The molecule has 3 aromatic carbocycles. The first-order valence-corrected chi connectivity index (χ1v) is 11.7. The van der Waals surface area contributed by atoms with Crippen LogP contribution in [0.4, 0.5) is 11.4 Å². The average molecular weight is 428 g/mol. The zero-order chi connectivity index (χ0) is 21.8. The highest BCUT2D eigenvalue weighted by Gasteiger charge is 2.28. The number of oxime groups is 1. The van der Waals surface area contributed by atoms with Gasteiger partial charge in [0, 0.05) is 12.3 Å². The van der Waals surface area contributed by atoms with Gasteiger partial charge in [-0.05, 0) is 67.9 Å². The highest BCUT2D eigenvalue weighted by atomic mass is 16.6. The Bertz CT molecular complexity index is 891. The molecular weight excluding hydrogens is 394 g/mol. The second-order valence-corrected chi connectivity index (χ2v) is 8.41. The molecule has 2 atom stereocenters. The number of hydrazine groups is 1. The first kappa shape index (κ1) is 22.1. The Morgan fingerprint density at radius 2 is 1.47 bits per heavy atom. The van der Waals surface area contributed by atoms with Crippen molar-refractivity contribution >= 4 is 17.6 Å². The Labute approximate surface area is 191 Å². The summed E-state index contributed by atoms with van der Waals surface area (Å²) in [4.78, 5) is 5.41. The number of rotatable bonds is 11. The van der Waals surface area contributed by atoms with Gasteiger partial charge in [-0.15, -0.1) is 0 Å². The third kappa shape index (κ3) is 6.44. The van der Waals surface area contributed by atoms with Crippen molar-refractivity contribution in [2.45, 2.75) is 51.2 Å². The summed E-state index contributed by atoms with van der Waals surface area (Å²) in [6.07, 6.45) is 9.01. The third-order valence-electron chi connectivity index (χ3n) is 6.11. The molecule has 4 nitrogen and oxygen atoms in total. The molecule has 4 heteroatoms. The number of nitrogens with one attached hydrogen (secondary N) is 1. The SMILES string of the molecule is C(/CCC[C@H]1CCC[C@H]1NN(c1ccccc1)c1ccccc1)=N\OCc1ccccc1. The summed E-state index contributed by atoms with van der Waals surface area (Å²) in [6.45, 7) is 0.529. The monoisotopic (exact) mass is 427 g/mol. The van der Waals surface area contributed by atoms with Crippen molar-refractivity contribution in [2.75, 3.05) is 5.01 Å². The molecule has 1 saturated carbocycles. The van der Waals surface area contributed by atoms with Crippen LogP contribution < -0.4 is 10.4 Å². The lowest BCUT2D eigenvalue weighted by atomic mass is 9.97. The Morgan fingerprint density at radius 3 is 2.12 bits per heavy atom. The van der Waals surface area contributed by atoms with Gasteiger partial charge in [0.1, 0.15) is 6.61 Å². The molecule has 1 aliphatic rings. The van der Waals surface area contributed by atoms with Crippen LogP contribution in [0.3, 0.4) is 0 Å². The van der Waals surface area contributed by atoms with E-state index in [4.69, 9.17) is 4.84 Å². The van der Waals surface area contributed by atoms with Crippen molar-refractivity contribution in [2.24, 2.45) is 11.1 Å². The average Bonchev–Trinajstić information content (AvgIpc) is 3.30. The zero-order valence-corrected chi connectivity index (χ0v) is 18.6. The maximum absolute atomic E-state index is 5.41. The van der Waals surface area contributed by atoms with Crippen molar-refractivity contribution in [3.8, 4) is 0 Å². The number of para-hydroxylation sites is 2. The summed E-state index contributed by atoms with van der Waals surface area (Å²) >= 11 is 0. The molecule has 0 amide bonds. The van der Waals surface area contributed by atoms with E-state index in [1.165, 1.54) is 37.1 Å². The minimum Gasteiger partial charge on any atom is -0.391 e. The summed E-state index contributed by atoms with van der Waals surface area (Å²) in [7, 11) is 0. The van der Waals surface area contributed by atoms with Crippen LogP contribution in [0.15, 0.2) is 96.2 Å². The smallest absolute Gasteiger partial charge is 0.142 e. The van der Waals surface area contributed by atoms with Crippen LogP contribution in [0, 0.1) is 5.92 Å². The van der Waals surface area contributed by atoms with Gasteiger partial charge in [0.25, 0.3) is 0 Å². The van der Waals surface area contributed by atoms with Crippen molar-refractivity contribution in [1.82, 2.24) is 5.43 Å². The van der Waals surface area contributed by atoms with Gasteiger partial charge in [-0.3, -0.25) is 5.01 Å². The van der Waals surface area contributed by atoms with Crippen molar-refractivity contribution < 1.29 is 4.84 Å². The molecule has 166 valence electrons. The van der Waals surface area contributed by atoms with E-state index in [1.807, 2.05) is 24.4 Å². The summed E-state index contributed by atoms with van der Waals surface area (Å²) in [5.74, 6) is 0.684. The molecule has 0 heterocycles. The summed E-state index contributed by atoms with van der Waals surface area (Å²) in [6, 6.07) is 31.8. The molecule has 0 radical (unpaired) electrons. The molecule has 1 aliphatic carbocycles. The van der Waals surface area contributed by atoms with Crippen LogP contribution in [-0.2, 0) is 11.4 Å². The number of hydrogen-bond donors (Lipinski definition) is 1. The quantitative estimate of drug-likeness (QED) is 0.206. The second-order valence-electron chi connectivity index (χ2n) is 8.41. The minimum atomic E-state index is 0.488. The molecule has 32 heavy (non-hydrogen) atoms. The van der Waals surface area contributed by atoms with E-state index in [9.17, 15) is 0 Å². The van der Waals surface area contributed by atoms with Crippen molar-refractivity contribution in [3.05, 3.63) is 96.6 Å². The van der Waals surface area contributed by atoms with Gasteiger partial charge >= 0.3 is 0 Å². The van der Waals surface area contributed by atoms with Gasteiger partial charge in [-0.25, -0.2) is 5.43 Å². The number of unbranched alkanes of at least 4 members (excludes halogenated alkanes) is 1. The number of benzene rings is 3. The minimum absolute atomic E-state index is 0.488. The standard InChI is InChI=1S/C28H33N3O/c1-4-13-24(14-5-1)23-32-29-22-11-10-15-25-16-12-21-28(25)30-31(26-17-6-2-7-18-26)27-19-8-3-9-20-27/h1-9,13-14,17-20,22,25,28,30H,10-12,15-16,21,23H2/b29-22+/t25-,28+/m0/s1. The Morgan fingerprint density at radius 1 is 0.844 bits per heavy atom. The number of hydrogen-bond acceptors (Lipinski definition) is 4. The molecule has 0 aliphatic heterocycles. The van der Waals surface area contributed by atoms with Crippen LogP contribution in [0.5, 0.6) is 0 Å². The van der Waals surface area contributed by atoms with E-state index in [0.717, 1.165) is 18.4 Å². The fourth-order valence-electron chi connectivity index (χ4n) is 4.43. The van der Waals surface area contributed by atoms with Gasteiger partial charge in [-0.2, -0.15) is 0 Å². The maximum atomic E-state index is 5.41. The highest BCUT2D eigenvalue weighted by Crippen LogP contribution is 2.32. The van der Waals surface area contributed by atoms with Crippen LogP contribution in [0.2, 0.25) is 0 Å². The molecule has 0 unspecified atom stereocenters. The summed E-state index contributed by atoms with van der Waals surface area (Å²) in [5, 5.41) is 6.38. The highest BCUT2D eigenvalue weighted by molar-refractivity contribution is 5.61. The van der Waals surface area contributed by atoms with Gasteiger partial charge in [0.15, 0.2) is 0 Å². The molecule has 1 fully saturated rings. The lowest BCUT2D eigenvalue weighted by Crippen LogP contribution is -2.43. The largest absolute Gasteiger partial charge is 0.391 e. The van der Waals surface area contributed by atoms with Crippen LogP contribution in [0.25, 0.3) is 0 Å². The Balaban J connectivity index is 1.26. The van der Waals surface area contributed by atoms with Crippen LogP contribution >= 0.6 is 0 Å². The molecule has 0 saturated heterocycles. The van der Waals surface area contributed by atoms with Crippen LogP contribution in [0.1, 0.15) is 44.1 Å². The first-order valence-electron chi connectivity index (χ1n) is 11.7. The maximum Gasteiger partial charge on any atom is 0.142 e. The molecule has 4 rings (SSSR count). The number of anilines is 2. The third-order valence-corrected chi connectivity index (χ3v) is 6.11. The zero-order valence-electron chi connectivity index (χ0n) is 18.6. The van der Waals surface area contributed by atoms with Crippen molar-refractivity contribution in [3.63, 3.8) is 0 Å². The van der Waals surface area contributed by atoms with Gasteiger partial charge in [0.2, 0.25) is 0 Å². The fraction of sp³-hybridized carbons (Fsp3) is 0.321. The van der Waals surface area contributed by atoms with Gasteiger partial charge in [-0.1, -0.05) is 78.3 Å². The topological polar surface area (TPSA) is 36.9 Å². The normalized spacial score (nSPS) is 18.1. The number of nitrogens with zero attached hydrogens (tertiary/aromatic N) is 2. The van der Waals surface area contributed by atoms with E-state index in [2.05, 4.69) is 88.4 Å². The molecule has 0 aromatic heterocycles. The first-order chi connectivity index (χ1) is 15.9. The van der Waals surface area contributed by atoms with Crippen LogP contribution in [-0.4, -0.2) is 12.3 Å². The second kappa shape index (κ2) is 12.1. The molecule has 0 spiro atoms. The summed E-state index contributed by atoms with van der Waals surface area (Å²) < 4.78 is 0. The molecule has 3 aromatic rings. The lowest BCUT2D eigenvalue weighted by Gasteiger charge is -2.32. The van der Waals surface area contributed by atoms with E-state index < -0.39 is 0 Å². The molecule has 0 bridgehead atoms. The summed E-state index contributed by atoms with van der Waals surface area (Å²) in [5.41, 5.74) is 7.34. The lowest BCUT2D eigenvalue weighted by molar-refractivity contribution is 0.131. The van der Waals surface area contributed by atoms with E-state index in [0.29, 0.717) is 18.6 Å². The molecular formula is C28H33N3O. The Kier molecular flexibility index (Phi) is 8.33. The molecule has 1 N–H and O–H groups in total. The van der Waals surface area contributed by atoms with E-state index >= 15 is 0 Å². The predicted octanol–water partition coefficient (Wildman–Crippen LogP) is 6.87. The Hall–Kier alpha value is -3.11.